The maximum absolute atomic E-state index is 13.3. The number of pyridine rings is 1. The third kappa shape index (κ3) is 3.64. The quantitative estimate of drug-likeness (QED) is 0.627. The van der Waals surface area contributed by atoms with Crippen LogP contribution >= 0.6 is 0 Å². The summed E-state index contributed by atoms with van der Waals surface area (Å²) >= 11 is 2.89. The Morgan fingerprint density at radius 1 is 1.50 bits per heavy atom. The summed E-state index contributed by atoms with van der Waals surface area (Å²) < 4.78 is 44.7. The molecule has 2 atom stereocenters. The summed E-state index contributed by atoms with van der Waals surface area (Å²) in [6.07, 6.45) is -0.159. The Hall–Kier alpha value is -1.32. The Bertz CT molecular complexity index is 945. The Morgan fingerprint density at radius 3 is 2.86 bits per heavy atom. The molecular formula is C18H22F2N5OSSe. The average Bonchev–Trinajstić information content (AvgIpc) is 3.30. The fourth-order valence-electron chi connectivity index (χ4n) is 3.47. The summed E-state index contributed by atoms with van der Waals surface area (Å²) in [6.45, 7) is 8.42. The van der Waals surface area contributed by atoms with E-state index in [9.17, 15) is 13.0 Å². The van der Waals surface area contributed by atoms with Crippen molar-refractivity contribution in [2.45, 2.75) is 42.7 Å². The Kier molecular flexibility index (Phi) is 5.35. The molecule has 2 aromatic rings. The van der Waals surface area contributed by atoms with Crippen molar-refractivity contribution in [2.24, 2.45) is 0 Å². The first-order valence-electron chi connectivity index (χ1n) is 9.15. The second-order valence-electron chi connectivity index (χ2n) is 7.46. The van der Waals surface area contributed by atoms with Gasteiger partial charge in [0, 0.05) is 0 Å². The molecule has 4 rings (SSSR count). The average molecular weight is 473 g/mol. The van der Waals surface area contributed by atoms with Crippen LogP contribution in [0.1, 0.15) is 25.3 Å². The number of piperazine rings is 1. The molecular weight excluding hydrogens is 451 g/mol. The van der Waals surface area contributed by atoms with Gasteiger partial charge in [-0.2, -0.15) is 0 Å². The van der Waals surface area contributed by atoms with Gasteiger partial charge in [0.15, 0.2) is 0 Å². The van der Waals surface area contributed by atoms with Gasteiger partial charge in [-0.15, -0.1) is 0 Å². The SMILES string of the molecule is C=C([Se])c1cnn2c(N3CCNC(C)C3)cc(S(=O)NC3(C(F)F)CC3)cc12. The van der Waals surface area contributed by atoms with Crippen molar-refractivity contribution in [3.05, 3.63) is 30.5 Å². The normalized spacial score (nSPS) is 22.6. The number of aromatic nitrogens is 2. The molecule has 151 valence electrons. The van der Waals surface area contributed by atoms with E-state index in [4.69, 9.17) is 0 Å². The predicted molar refractivity (Wildman–Crippen MR) is 107 cm³/mol. The van der Waals surface area contributed by atoms with E-state index in [0.717, 1.165) is 41.0 Å². The van der Waals surface area contributed by atoms with Gasteiger partial charge in [-0.1, -0.05) is 0 Å². The number of rotatable bonds is 6. The number of anilines is 1. The molecule has 1 aliphatic heterocycles. The van der Waals surface area contributed by atoms with Crippen molar-refractivity contribution in [1.29, 1.82) is 0 Å². The van der Waals surface area contributed by atoms with Gasteiger partial charge < -0.3 is 0 Å². The van der Waals surface area contributed by atoms with Crippen LogP contribution in [-0.4, -0.2) is 67.5 Å². The number of fused-ring (bicyclic) bond motifs is 1. The molecule has 1 saturated carbocycles. The van der Waals surface area contributed by atoms with Gasteiger partial charge in [-0.25, -0.2) is 0 Å². The molecule has 28 heavy (non-hydrogen) atoms. The van der Waals surface area contributed by atoms with Gasteiger partial charge >= 0.3 is 173 Å². The number of halogens is 2. The molecule has 6 nitrogen and oxygen atoms in total. The Labute approximate surface area is 173 Å². The molecule has 1 saturated heterocycles. The zero-order valence-corrected chi connectivity index (χ0v) is 18.0. The predicted octanol–water partition coefficient (Wildman–Crippen LogP) is 1.68. The van der Waals surface area contributed by atoms with Crippen LogP contribution in [0.15, 0.2) is 29.8 Å². The van der Waals surface area contributed by atoms with Gasteiger partial charge in [-0.05, 0) is 0 Å². The summed E-state index contributed by atoms with van der Waals surface area (Å²) in [4.78, 5) is 2.64. The third-order valence-corrected chi connectivity index (χ3v) is 7.00. The minimum atomic E-state index is -2.54. The van der Waals surface area contributed by atoms with Gasteiger partial charge in [0.25, 0.3) is 0 Å². The van der Waals surface area contributed by atoms with Crippen LogP contribution < -0.4 is 14.9 Å². The summed E-state index contributed by atoms with van der Waals surface area (Å²) in [5.74, 6) is 0.797. The van der Waals surface area contributed by atoms with Crippen molar-refractivity contribution in [2.75, 3.05) is 24.5 Å². The summed E-state index contributed by atoms with van der Waals surface area (Å²) in [7, 11) is -1.75. The molecule has 10 heteroatoms. The molecule has 2 N–H and O–H groups in total. The van der Waals surface area contributed by atoms with Crippen LogP contribution in [0.5, 0.6) is 0 Å². The fraction of sp³-hybridized carbons (Fsp3) is 0.500. The van der Waals surface area contributed by atoms with Crippen LogP contribution in [0.25, 0.3) is 9.99 Å². The van der Waals surface area contributed by atoms with E-state index in [1.165, 1.54) is 0 Å². The molecule has 0 aromatic carbocycles. The van der Waals surface area contributed by atoms with Crippen LogP contribution in [0.4, 0.5) is 14.6 Å². The first kappa shape index (κ1) is 20.0. The van der Waals surface area contributed by atoms with Crippen molar-refractivity contribution < 1.29 is 13.0 Å². The molecule has 0 bridgehead atoms. The first-order chi connectivity index (χ1) is 13.3. The van der Waals surface area contributed by atoms with E-state index in [1.807, 2.05) is 0 Å². The number of hydrogen-bond donors (Lipinski definition) is 2. The van der Waals surface area contributed by atoms with E-state index in [2.05, 4.69) is 49.6 Å². The summed E-state index contributed by atoms with van der Waals surface area (Å²) in [5.41, 5.74) is 0.226. The maximum atomic E-state index is 13.3. The van der Waals surface area contributed by atoms with Gasteiger partial charge in [0.1, 0.15) is 0 Å². The first-order valence-corrected chi connectivity index (χ1v) is 11.2. The zero-order valence-electron chi connectivity index (χ0n) is 15.5. The molecule has 0 spiro atoms. The van der Waals surface area contributed by atoms with Crippen LogP contribution in [0.2, 0.25) is 0 Å². The van der Waals surface area contributed by atoms with E-state index in [0.29, 0.717) is 23.8 Å². The zero-order chi connectivity index (χ0) is 20.1. The number of nitrogens with zero attached hydrogens (tertiary/aromatic N) is 3. The fourth-order valence-corrected chi connectivity index (χ4v) is 5.02. The standard InChI is InChI=1S/C18H22F2N5OSSe/c1-11-10-24(6-5-21-11)16-8-13(27(26)23-18(3-4-18)17(19)20)7-15-14(12(2)28)9-22-25(15)16/h7-9,11,17,21,23H,2-6,10H2,1H3. The Balaban J connectivity index is 1.77. The van der Waals surface area contributed by atoms with Crippen molar-refractivity contribution in [3.63, 3.8) is 0 Å². The molecule has 0 amide bonds. The van der Waals surface area contributed by atoms with Gasteiger partial charge in [0.05, 0.1) is 0 Å². The Morgan fingerprint density at radius 2 is 2.25 bits per heavy atom. The molecule has 3 heterocycles. The molecule has 1 aliphatic carbocycles. The second-order valence-corrected chi connectivity index (χ2v) is 9.70. The number of hydrogen-bond acceptors (Lipinski definition) is 4. The summed E-state index contributed by atoms with van der Waals surface area (Å²) in [6, 6.07) is 3.83. The molecule has 2 fully saturated rings. The van der Waals surface area contributed by atoms with Crippen LogP contribution in [0.3, 0.4) is 0 Å². The minimum absolute atomic E-state index is 0.300. The van der Waals surface area contributed by atoms with E-state index < -0.39 is 22.9 Å². The topological polar surface area (TPSA) is 61.7 Å². The summed E-state index contributed by atoms with van der Waals surface area (Å²) in [5, 5.41) is 7.89. The van der Waals surface area contributed by atoms with Crippen molar-refractivity contribution >= 4 is 42.8 Å². The monoisotopic (exact) mass is 474 g/mol. The van der Waals surface area contributed by atoms with Crippen molar-refractivity contribution in [1.82, 2.24) is 19.7 Å². The van der Waals surface area contributed by atoms with E-state index >= 15 is 0 Å². The number of nitrogens with one attached hydrogen (secondary N) is 2. The second kappa shape index (κ2) is 7.50. The number of alkyl halides is 2. The molecule has 2 aromatic heterocycles. The molecule has 1 radical (unpaired) electrons. The van der Waals surface area contributed by atoms with E-state index in [1.54, 1.807) is 22.8 Å². The molecule has 2 unspecified atom stereocenters. The van der Waals surface area contributed by atoms with E-state index in [-0.39, 0.29) is 0 Å². The van der Waals surface area contributed by atoms with Gasteiger partial charge in [-0.3, -0.25) is 0 Å². The van der Waals surface area contributed by atoms with Crippen LogP contribution in [0, 0.1) is 0 Å². The van der Waals surface area contributed by atoms with Gasteiger partial charge in [0.2, 0.25) is 0 Å². The van der Waals surface area contributed by atoms with Crippen LogP contribution in [-0.2, 0) is 11.0 Å². The molecule has 2 aliphatic rings. The third-order valence-electron chi connectivity index (χ3n) is 5.28. The van der Waals surface area contributed by atoms with Crippen molar-refractivity contribution in [3.8, 4) is 0 Å².